The third kappa shape index (κ3) is 4.02. The summed E-state index contributed by atoms with van der Waals surface area (Å²) in [5.74, 6) is -2.20. The van der Waals surface area contributed by atoms with Gasteiger partial charge in [-0.05, 0) is 5.56 Å². The number of pyridine rings is 1. The molecular formula is C10H7BrF5NO3. The monoisotopic (exact) mass is 363 g/mol. The van der Waals surface area contributed by atoms with Gasteiger partial charge in [-0.2, -0.15) is 0 Å². The first kappa shape index (κ1) is 16.6. The molecule has 0 atom stereocenters. The predicted octanol–water partition coefficient (Wildman–Crippen LogP) is 3.60. The van der Waals surface area contributed by atoms with Crippen molar-refractivity contribution < 1.29 is 36.2 Å². The quantitative estimate of drug-likeness (QED) is 0.466. The normalized spacial score (nSPS) is 11.6. The van der Waals surface area contributed by atoms with Crippen LogP contribution in [-0.4, -0.2) is 24.4 Å². The SMILES string of the molecule is COC(=O)c1c(CBr)cc(OC(F)(F)F)nc1C(F)F. The minimum atomic E-state index is -5.08. The number of halogens is 6. The van der Waals surface area contributed by atoms with Crippen LogP contribution >= 0.6 is 15.9 Å². The molecule has 4 nitrogen and oxygen atoms in total. The van der Waals surface area contributed by atoms with E-state index in [0.29, 0.717) is 0 Å². The van der Waals surface area contributed by atoms with E-state index >= 15 is 0 Å². The summed E-state index contributed by atoms with van der Waals surface area (Å²) < 4.78 is 69.7. The molecule has 20 heavy (non-hydrogen) atoms. The Kier molecular flexibility index (Phi) is 5.26. The van der Waals surface area contributed by atoms with E-state index in [9.17, 15) is 26.7 Å². The number of hydrogen-bond acceptors (Lipinski definition) is 4. The highest BCUT2D eigenvalue weighted by atomic mass is 79.9. The lowest BCUT2D eigenvalue weighted by atomic mass is 10.1. The lowest BCUT2D eigenvalue weighted by Gasteiger charge is -2.14. The number of alkyl halides is 6. The van der Waals surface area contributed by atoms with Gasteiger partial charge in [-0.1, -0.05) is 15.9 Å². The van der Waals surface area contributed by atoms with E-state index in [0.717, 1.165) is 13.2 Å². The van der Waals surface area contributed by atoms with Crippen LogP contribution in [0.3, 0.4) is 0 Å². The molecule has 0 aliphatic heterocycles. The summed E-state index contributed by atoms with van der Waals surface area (Å²) in [5, 5.41) is -0.159. The number of methoxy groups -OCH3 is 1. The Morgan fingerprint density at radius 1 is 1.45 bits per heavy atom. The van der Waals surface area contributed by atoms with Crippen molar-refractivity contribution in [2.45, 2.75) is 18.1 Å². The zero-order chi connectivity index (χ0) is 15.5. The molecule has 0 spiro atoms. The fourth-order valence-corrected chi connectivity index (χ4v) is 1.81. The topological polar surface area (TPSA) is 48.4 Å². The van der Waals surface area contributed by atoms with Gasteiger partial charge in [-0.25, -0.2) is 18.6 Å². The average Bonchev–Trinajstić information content (AvgIpc) is 2.34. The Balaban J connectivity index is 3.42. The van der Waals surface area contributed by atoms with Crippen molar-refractivity contribution in [2.75, 3.05) is 7.11 Å². The maximum absolute atomic E-state index is 12.8. The second-order valence-electron chi connectivity index (χ2n) is 3.35. The van der Waals surface area contributed by atoms with Crippen LogP contribution in [0.2, 0.25) is 0 Å². The molecule has 0 saturated heterocycles. The minimum Gasteiger partial charge on any atom is -0.465 e. The van der Waals surface area contributed by atoms with E-state index in [1.54, 1.807) is 0 Å². The van der Waals surface area contributed by atoms with Gasteiger partial charge in [0.1, 0.15) is 5.69 Å². The fourth-order valence-electron chi connectivity index (χ4n) is 1.36. The number of aromatic nitrogens is 1. The van der Waals surface area contributed by atoms with Crippen LogP contribution in [0.5, 0.6) is 5.88 Å². The molecule has 0 aliphatic carbocycles. The Morgan fingerprint density at radius 3 is 2.45 bits per heavy atom. The molecule has 0 N–H and O–H groups in total. The first-order chi connectivity index (χ1) is 9.19. The largest absolute Gasteiger partial charge is 0.574 e. The second-order valence-corrected chi connectivity index (χ2v) is 3.91. The molecule has 0 aromatic carbocycles. The minimum absolute atomic E-state index is 0.151. The number of esters is 1. The molecule has 0 saturated carbocycles. The van der Waals surface area contributed by atoms with Crippen molar-refractivity contribution in [1.29, 1.82) is 0 Å². The number of hydrogen-bond donors (Lipinski definition) is 0. The van der Waals surface area contributed by atoms with E-state index in [4.69, 9.17) is 0 Å². The second kappa shape index (κ2) is 6.33. The van der Waals surface area contributed by atoms with Crippen molar-refractivity contribution in [1.82, 2.24) is 4.98 Å². The zero-order valence-electron chi connectivity index (χ0n) is 9.80. The molecule has 1 aromatic heterocycles. The Labute approximate surface area is 118 Å². The highest BCUT2D eigenvalue weighted by molar-refractivity contribution is 9.08. The predicted molar refractivity (Wildman–Crippen MR) is 59.8 cm³/mol. The molecule has 0 amide bonds. The Bertz CT molecular complexity index is 506. The number of carbonyl (C=O) groups excluding carboxylic acids is 1. The third-order valence-electron chi connectivity index (χ3n) is 2.07. The van der Waals surface area contributed by atoms with Crippen molar-refractivity contribution in [3.63, 3.8) is 0 Å². The Morgan fingerprint density at radius 2 is 2.05 bits per heavy atom. The van der Waals surface area contributed by atoms with Gasteiger partial charge in [0.25, 0.3) is 6.43 Å². The van der Waals surface area contributed by atoms with Crippen LogP contribution in [-0.2, 0) is 10.1 Å². The summed E-state index contributed by atoms with van der Waals surface area (Å²) in [7, 11) is 0.954. The average molecular weight is 364 g/mol. The number of rotatable bonds is 4. The van der Waals surface area contributed by atoms with E-state index in [-0.39, 0.29) is 10.9 Å². The maximum atomic E-state index is 12.8. The molecule has 1 aromatic rings. The van der Waals surface area contributed by atoms with Crippen molar-refractivity contribution in [2.24, 2.45) is 0 Å². The van der Waals surface area contributed by atoms with Gasteiger partial charge in [-0.3, -0.25) is 0 Å². The van der Waals surface area contributed by atoms with Crippen molar-refractivity contribution in [3.05, 3.63) is 22.9 Å². The molecule has 0 fully saturated rings. The molecule has 0 bridgehead atoms. The molecular weight excluding hydrogens is 357 g/mol. The van der Waals surface area contributed by atoms with Crippen molar-refractivity contribution >= 4 is 21.9 Å². The first-order valence-corrected chi connectivity index (χ1v) is 6.03. The van der Waals surface area contributed by atoms with Crippen LogP contribution in [0.4, 0.5) is 22.0 Å². The van der Waals surface area contributed by atoms with Gasteiger partial charge in [0.15, 0.2) is 0 Å². The highest BCUT2D eigenvalue weighted by Gasteiger charge is 2.34. The molecule has 112 valence electrons. The summed E-state index contributed by atoms with van der Waals surface area (Å²) in [5.41, 5.74) is -1.87. The van der Waals surface area contributed by atoms with E-state index in [1.165, 1.54) is 0 Å². The van der Waals surface area contributed by atoms with Gasteiger partial charge in [0.2, 0.25) is 5.88 Å². The van der Waals surface area contributed by atoms with E-state index < -0.39 is 35.9 Å². The lowest BCUT2D eigenvalue weighted by molar-refractivity contribution is -0.276. The number of nitrogens with zero attached hydrogens (tertiary/aromatic N) is 1. The van der Waals surface area contributed by atoms with Gasteiger partial charge in [0.05, 0.1) is 12.7 Å². The standard InChI is InChI=1S/C10H7BrF5NO3/c1-19-9(18)6-4(3-11)2-5(20-10(14,15)16)17-7(6)8(12)13/h2,8H,3H2,1H3. The number of carbonyl (C=O) groups is 1. The van der Waals surface area contributed by atoms with Gasteiger partial charge in [-0.15, -0.1) is 13.2 Å². The third-order valence-corrected chi connectivity index (χ3v) is 2.67. The van der Waals surface area contributed by atoms with Crippen LogP contribution in [0.15, 0.2) is 6.07 Å². The molecule has 0 radical (unpaired) electrons. The summed E-state index contributed by atoms with van der Waals surface area (Å²) >= 11 is 2.89. The van der Waals surface area contributed by atoms with Crippen molar-refractivity contribution in [3.8, 4) is 5.88 Å². The van der Waals surface area contributed by atoms with Gasteiger partial charge in [0, 0.05) is 11.4 Å². The van der Waals surface area contributed by atoms with Gasteiger partial charge < -0.3 is 9.47 Å². The highest BCUT2D eigenvalue weighted by Crippen LogP contribution is 2.31. The zero-order valence-corrected chi connectivity index (χ0v) is 11.4. The van der Waals surface area contributed by atoms with Crippen LogP contribution in [0.25, 0.3) is 0 Å². The molecule has 1 heterocycles. The summed E-state index contributed by atoms with van der Waals surface area (Å²) in [6, 6.07) is 0.736. The van der Waals surface area contributed by atoms with Crippen LogP contribution in [0, 0.1) is 0 Å². The summed E-state index contributed by atoms with van der Waals surface area (Å²) in [6.45, 7) is 0. The van der Waals surface area contributed by atoms with E-state index in [1.807, 2.05) is 0 Å². The van der Waals surface area contributed by atoms with Gasteiger partial charge >= 0.3 is 12.3 Å². The number of ether oxygens (including phenoxy) is 2. The Hall–Kier alpha value is -1.45. The maximum Gasteiger partial charge on any atom is 0.574 e. The lowest BCUT2D eigenvalue weighted by Crippen LogP contribution is -2.20. The summed E-state index contributed by atoms with van der Waals surface area (Å²) in [6.07, 6.45) is -8.35. The smallest absolute Gasteiger partial charge is 0.465 e. The van der Waals surface area contributed by atoms with Crippen LogP contribution < -0.4 is 4.74 Å². The first-order valence-electron chi connectivity index (χ1n) is 4.91. The molecule has 1 rings (SSSR count). The van der Waals surface area contributed by atoms with Crippen LogP contribution in [0.1, 0.15) is 28.0 Å². The molecule has 0 aliphatic rings. The fraction of sp³-hybridized carbons (Fsp3) is 0.400. The molecule has 10 heteroatoms. The molecule has 0 unspecified atom stereocenters. The summed E-state index contributed by atoms with van der Waals surface area (Å²) in [4.78, 5) is 14.5. The van der Waals surface area contributed by atoms with E-state index in [2.05, 4.69) is 30.4 Å².